The monoisotopic (exact) mass is 223 g/mol. The largest absolute Gasteiger partial charge is 0.305 e. The SMILES string of the molecule is C=CC(=O)C(CC1CCCCC1)NC(C)C. The minimum absolute atomic E-state index is 0.0133. The van der Waals surface area contributed by atoms with E-state index in [1.54, 1.807) is 0 Å². The fourth-order valence-electron chi connectivity index (χ4n) is 2.57. The zero-order valence-corrected chi connectivity index (χ0v) is 10.7. The van der Waals surface area contributed by atoms with Gasteiger partial charge in [-0.15, -0.1) is 0 Å². The molecule has 0 amide bonds. The number of nitrogens with one attached hydrogen (secondary N) is 1. The lowest BCUT2D eigenvalue weighted by Gasteiger charge is -2.27. The van der Waals surface area contributed by atoms with Crippen LogP contribution in [0.1, 0.15) is 52.4 Å². The van der Waals surface area contributed by atoms with Crippen molar-refractivity contribution in [2.75, 3.05) is 0 Å². The maximum absolute atomic E-state index is 11.7. The van der Waals surface area contributed by atoms with E-state index in [1.807, 2.05) is 0 Å². The fourth-order valence-corrected chi connectivity index (χ4v) is 2.57. The van der Waals surface area contributed by atoms with Crippen LogP contribution in [0.5, 0.6) is 0 Å². The van der Waals surface area contributed by atoms with Gasteiger partial charge in [0.05, 0.1) is 6.04 Å². The van der Waals surface area contributed by atoms with Crippen molar-refractivity contribution in [3.8, 4) is 0 Å². The van der Waals surface area contributed by atoms with Gasteiger partial charge >= 0.3 is 0 Å². The molecule has 16 heavy (non-hydrogen) atoms. The van der Waals surface area contributed by atoms with Crippen molar-refractivity contribution in [3.05, 3.63) is 12.7 Å². The van der Waals surface area contributed by atoms with E-state index in [0.717, 1.165) is 12.3 Å². The van der Waals surface area contributed by atoms with Gasteiger partial charge in [-0.1, -0.05) is 52.5 Å². The second kappa shape index (κ2) is 6.85. The van der Waals surface area contributed by atoms with Crippen LogP contribution in [0.2, 0.25) is 0 Å². The van der Waals surface area contributed by atoms with Crippen LogP contribution in [-0.4, -0.2) is 17.9 Å². The first-order valence-electron chi connectivity index (χ1n) is 6.55. The van der Waals surface area contributed by atoms with E-state index in [1.165, 1.54) is 38.2 Å². The molecule has 2 heteroatoms. The summed E-state index contributed by atoms with van der Waals surface area (Å²) in [7, 11) is 0. The lowest BCUT2D eigenvalue weighted by molar-refractivity contribution is -0.117. The maximum Gasteiger partial charge on any atom is 0.171 e. The number of hydrogen-bond donors (Lipinski definition) is 1. The standard InChI is InChI=1S/C14H25NO/c1-4-14(16)13(15-11(2)3)10-12-8-6-5-7-9-12/h4,11-13,15H,1,5-10H2,2-3H3. The molecule has 0 aliphatic heterocycles. The Balaban J connectivity index is 2.47. The molecule has 1 atom stereocenters. The molecule has 2 nitrogen and oxygen atoms in total. The first-order chi connectivity index (χ1) is 7.63. The molecule has 92 valence electrons. The zero-order chi connectivity index (χ0) is 12.0. The predicted molar refractivity (Wildman–Crippen MR) is 68.5 cm³/mol. The molecule has 1 fully saturated rings. The Labute approximate surface area is 99.5 Å². The third kappa shape index (κ3) is 4.48. The fraction of sp³-hybridized carbons (Fsp3) is 0.786. The lowest BCUT2D eigenvalue weighted by atomic mass is 9.84. The summed E-state index contributed by atoms with van der Waals surface area (Å²) in [6.45, 7) is 7.77. The molecular weight excluding hydrogens is 198 g/mol. The highest BCUT2D eigenvalue weighted by molar-refractivity contribution is 5.93. The van der Waals surface area contributed by atoms with Crippen LogP contribution < -0.4 is 5.32 Å². The molecule has 0 aromatic carbocycles. The molecule has 1 unspecified atom stereocenters. The molecule has 0 aromatic rings. The van der Waals surface area contributed by atoms with Crippen molar-refractivity contribution in [2.45, 2.75) is 64.5 Å². The summed E-state index contributed by atoms with van der Waals surface area (Å²) >= 11 is 0. The topological polar surface area (TPSA) is 29.1 Å². The van der Waals surface area contributed by atoms with Crippen LogP contribution in [0, 0.1) is 5.92 Å². The molecule has 1 rings (SSSR count). The van der Waals surface area contributed by atoms with E-state index in [-0.39, 0.29) is 11.8 Å². The van der Waals surface area contributed by atoms with Crippen LogP contribution in [0.3, 0.4) is 0 Å². The van der Waals surface area contributed by atoms with Gasteiger partial charge in [-0.25, -0.2) is 0 Å². The third-order valence-corrected chi connectivity index (χ3v) is 3.37. The van der Waals surface area contributed by atoms with Gasteiger partial charge in [0.15, 0.2) is 5.78 Å². The van der Waals surface area contributed by atoms with Gasteiger partial charge in [0, 0.05) is 6.04 Å². The van der Waals surface area contributed by atoms with Crippen LogP contribution in [-0.2, 0) is 4.79 Å². The first kappa shape index (κ1) is 13.4. The van der Waals surface area contributed by atoms with E-state index >= 15 is 0 Å². The van der Waals surface area contributed by atoms with Crippen molar-refractivity contribution < 1.29 is 4.79 Å². The summed E-state index contributed by atoms with van der Waals surface area (Å²) in [6, 6.07) is 0.345. The number of ketones is 1. The molecule has 0 heterocycles. The van der Waals surface area contributed by atoms with Crippen molar-refractivity contribution in [3.63, 3.8) is 0 Å². The molecule has 0 aromatic heterocycles. The number of carbonyl (C=O) groups excluding carboxylic acids is 1. The molecule has 1 aliphatic rings. The molecule has 0 spiro atoms. The molecule has 0 radical (unpaired) electrons. The minimum Gasteiger partial charge on any atom is -0.305 e. The van der Waals surface area contributed by atoms with Crippen molar-refractivity contribution in [1.29, 1.82) is 0 Å². The Morgan fingerprint density at radius 2 is 2.00 bits per heavy atom. The van der Waals surface area contributed by atoms with E-state index in [2.05, 4.69) is 25.7 Å². The van der Waals surface area contributed by atoms with Gasteiger partial charge in [-0.05, 0) is 18.4 Å². The Hall–Kier alpha value is -0.630. The maximum atomic E-state index is 11.7. The number of rotatable bonds is 6. The van der Waals surface area contributed by atoms with E-state index in [0.29, 0.717) is 6.04 Å². The summed E-state index contributed by atoms with van der Waals surface area (Å²) in [5, 5.41) is 3.36. The Morgan fingerprint density at radius 3 is 2.50 bits per heavy atom. The first-order valence-corrected chi connectivity index (χ1v) is 6.55. The number of carbonyl (C=O) groups is 1. The Kier molecular flexibility index (Phi) is 5.75. The van der Waals surface area contributed by atoms with Gasteiger partial charge in [-0.3, -0.25) is 4.79 Å². The molecule has 0 saturated heterocycles. The summed E-state index contributed by atoms with van der Waals surface area (Å²) in [5.74, 6) is 0.883. The van der Waals surface area contributed by atoms with Gasteiger partial charge in [0.2, 0.25) is 0 Å². The smallest absolute Gasteiger partial charge is 0.171 e. The highest BCUT2D eigenvalue weighted by Gasteiger charge is 2.22. The second-order valence-corrected chi connectivity index (χ2v) is 5.22. The van der Waals surface area contributed by atoms with Crippen LogP contribution in [0.15, 0.2) is 12.7 Å². The normalized spacial score (nSPS) is 19.7. The lowest BCUT2D eigenvalue weighted by Crippen LogP contribution is -2.41. The highest BCUT2D eigenvalue weighted by Crippen LogP contribution is 2.27. The minimum atomic E-state index is -0.0133. The quantitative estimate of drug-likeness (QED) is 0.701. The van der Waals surface area contributed by atoms with Crippen molar-refractivity contribution in [2.24, 2.45) is 5.92 Å². The molecule has 1 aliphatic carbocycles. The molecule has 1 saturated carbocycles. The van der Waals surface area contributed by atoms with Gasteiger partial charge < -0.3 is 5.32 Å². The summed E-state index contributed by atoms with van der Waals surface area (Å²) in [6.07, 6.45) is 9.07. The van der Waals surface area contributed by atoms with Gasteiger partial charge in [-0.2, -0.15) is 0 Å². The second-order valence-electron chi connectivity index (χ2n) is 5.22. The Bertz CT molecular complexity index is 229. The summed E-state index contributed by atoms with van der Waals surface area (Å²) < 4.78 is 0. The van der Waals surface area contributed by atoms with Crippen LogP contribution in [0.4, 0.5) is 0 Å². The zero-order valence-electron chi connectivity index (χ0n) is 10.7. The van der Waals surface area contributed by atoms with Crippen molar-refractivity contribution in [1.82, 2.24) is 5.32 Å². The highest BCUT2D eigenvalue weighted by atomic mass is 16.1. The van der Waals surface area contributed by atoms with Crippen LogP contribution in [0.25, 0.3) is 0 Å². The summed E-state index contributed by atoms with van der Waals surface area (Å²) in [5.41, 5.74) is 0. The van der Waals surface area contributed by atoms with Gasteiger partial charge in [0.25, 0.3) is 0 Å². The van der Waals surface area contributed by atoms with Crippen LogP contribution >= 0.6 is 0 Å². The molecular formula is C14H25NO. The number of hydrogen-bond acceptors (Lipinski definition) is 2. The third-order valence-electron chi connectivity index (χ3n) is 3.37. The average Bonchev–Trinajstić information content (AvgIpc) is 2.28. The van der Waals surface area contributed by atoms with E-state index in [4.69, 9.17) is 0 Å². The van der Waals surface area contributed by atoms with Gasteiger partial charge in [0.1, 0.15) is 0 Å². The molecule has 0 bridgehead atoms. The summed E-state index contributed by atoms with van der Waals surface area (Å²) in [4.78, 5) is 11.7. The van der Waals surface area contributed by atoms with E-state index in [9.17, 15) is 4.79 Å². The average molecular weight is 223 g/mol. The Morgan fingerprint density at radius 1 is 1.38 bits per heavy atom. The van der Waals surface area contributed by atoms with Crippen molar-refractivity contribution >= 4 is 5.78 Å². The predicted octanol–water partition coefficient (Wildman–Crippen LogP) is 3.08. The van der Waals surface area contributed by atoms with E-state index < -0.39 is 0 Å². The molecule has 1 N–H and O–H groups in total.